The van der Waals surface area contributed by atoms with Gasteiger partial charge in [0.05, 0.1) is 11.9 Å². The van der Waals surface area contributed by atoms with Gasteiger partial charge in [-0.3, -0.25) is 5.32 Å². The van der Waals surface area contributed by atoms with Crippen molar-refractivity contribution in [3.05, 3.63) is 17.8 Å². The van der Waals surface area contributed by atoms with Crippen LogP contribution in [0.4, 0.5) is 16.3 Å². The summed E-state index contributed by atoms with van der Waals surface area (Å²) in [5, 5.41) is 10.8. The van der Waals surface area contributed by atoms with Crippen molar-refractivity contribution in [2.75, 3.05) is 24.3 Å². The number of anilines is 2. The summed E-state index contributed by atoms with van der Waals surface area (Å²) in [6, 6.07) is 1.82. The number of hydrogen-bond donors (Lipinski definition) is 2. The van der Waals surface area contributed by atoms with Crippen molar-refractivity contribution < 1.29 is 9.90 Å². The van der Waals surface area contributed by atoms with Gasteiger partial charge in [-0.2, -0.15) is 0 Å². The molecule has 0 fully saturated rings. The van der Waals surface area contributed by atoms with Crippen LogP contribution in [0.3, 0.4) is 0 Å². The maximum atomic E-state index is 10.4. The molecule has 0 aliphatic heterocycles. The van der Waals surface area contributed by atoms with Gasteiger partial charge in [0.25, 0.3) is 0 Å². The number of rotatable bonds is 2. The topological polar surface area (TPSA) is 65.5 Å². The quantitative estimate of drug-likeness (QED) is 0.751. The molecule has 1 aromatic heterocycles. The minimum Gasteiger partial charge on any atom is -0.465 e. The molecule has 0 bridgehead atoms. The number of hydrogen-bond acceptors (Lipinski definition) is 3. The van der Waals surface area contributed by atoms with Crippen LogP contribution in [0.25, 0.3) is 0 Å². The van der Waals surface area contributed by atoms with Crippen molar-refractivity contribution in [1.82, 2.24) is 4.98 Å². The zero-order valence-electron chi connectivity index (χ0n) is 8.40. The van der Waals surface area contributed by atoms with Crippen LogP contribution in [-0.4, -0.2) is 30.3 Å². The number of amides is 1. The van der Waals surface area contributed by atoms with Crippen molar-refractivity contribution in [1.29, 1.82) is 0 Å². The fraction of sp³-hybridized carbons (Fsp3) is 0.333. The van der Waals surface area contributed by atoms with Gasteiger partial charge in [-0.25, -0.2) is 9.78 Å². The van der Waals surface area contributed by atoms with Crippen LogP contribution >= 0.6 is 0 Å². The number of carboxylic acid groups (broad SMARTS) is 1. The lowest BCUT2D eigenvalue weighted by atomic mass is 10.2. The maximum Gasteiger partial charge on any atom is 0.409 e. The normalized spacial score (nSPS) is 9.64. The predicted octanol–water partition coefficient (Wildman–Crippen LogP) is 1.55. The second-order valence-electron chi connectivity index (χ2n) is 3.18. The Hall–Kier alpha value is -1.78. The highest BCUT2D eigenvalue weighted by Crippen LogP contribution is 2.17. The molecule has 0 saturated carbocycles. The fourth-order valence-corrected chi connectivity index (χ4v) is 1.03. The molecular weight excluding hydrogens is 182 g/mol. The van der Waals surface area contributed by atoms with Crippen LogP contribution in [-0.2, 0) is 0 Å². The summed E-state index contributed by atoms with van der Waals surface area (Å²) < 4.78 is 0. The third-order valence-electron chi connectivity index (χ3n) is 1.80. The van der Waals surface area contributed by atoms with Crippen molar-refractivity contribution in [3.8, 4) is 0 Å². The lowest BCUT2D eigenvalue weighted by Crippen LogP contribution is -2.13. The standard InChI is InChI=1S/C9H13N3O2/c1-6-4-8(12(2)3)10-5-7(6)11-9(13)14/h4-5,11H,1-3H3,(H,13,14). The van der Waals surface area contributed by atoms with Gasteiger partial charge in [-0.1, -0.05) is 0 Å². The first kappa shape index (κ1) is 10.3. The highest BCUT2D eigenvalue weighted by atomic mass is 16.4. The number of aromatic nitrogens is 1. The summed E-state index contributed by atoms with van der Waals surface area (Å²) in [4.78, 5) is 16.3. The van der Waals surface area contributed by atoms with E-state index >= 15 is 0 Å². The third-order valence-corrected chi connectivity index (χ3v) is 1.80. The molecule has 76 valence electrons. The molecule has 1 heterocycles. The van der Waals surface area contributed by atoms with Gasteiger partial charge in [0.2, 0.25) is 0 Å². The largest absolute Gasteiger partial charge is 0.465 e. The molecule has 0 aromatic carbocycles. The summed E-state index contributed by atoms with van der Waals surface area (Å²) in [5.41, 5.74) is 1.37. The van der Waals surface area contributed by atoms with Gasteiger partial charge in [-0.15, -0.1) is 0 Å². The van der Waals surface area contributed by atoms with E-state index in [1.165, 1.54) is 6.20 Å². The van der Waals surface area contributed by atoms with E-state index in [1.807, 2.05) is 32.0 Å². The Kier molecular flexibility index (Phi) is 2.91. The smallest absolute Gasteiger partial charge is 0.409 e. The molecule has 2 N–H and O–H groups in total. The monoisotopic (exact) mass is 195 g/mol. The van der Waals surface area contributed by atoms with Crippen LogP contribution < -0.4 is 10.2 Å². The molecule has 14 heavy (non-hydrogen) atoms. The molecule has 1 aromatic rings. The Morgan fingerprint density at radius 3 is 2.64 bits per heavy atom. The van der Waals surface area contributed by atoms with Crippen LogP contribution in [0.5, 0.6) is 0 Å². The summed E-state index contributed by atoms with van der Waals surface area (Å²) in [6.45, 7) is 1.83. The zero-order chi connectivity index (χ0) is 10.7. The molecule has 5 nitrogen and oxygen atoms in total. The molecule has 1 amide bonds. The SMILES string of the molecule is Cc1cc(N(C)C)ncc1NC(=O)O. The third kappa shape index (κ3) is 2.35. The molecule has 5 heteroatoms. The minimum atomic E-state index is -1.08. The lowest BCUT2D eigenvalue weighted by molar-refractivity contribution is 0.209. The van der Waals surface area contributed by atoms with Gasteiger partial charge < -0.3 is 10.0 Å². The van der Waals surface area contributed by atoms with E-state index in [2.05, 4.69) is 10.3 Å². The maximum absolute atomic E-state index is 10.4. The highest BCUT2D eigenvalue weighted by Gasteiger charge is 2.04. The van der Waals surface area contributed by atoms with Gasteiger partial charge >= 0.3 is 6.09 Å². The number of nitrogens with zero attached hydrogens (tertiary/aromatic N) is 2. The number of pyridine rings is 1. The Bertz CT molecular complexity index is 350. The van der Waals surface area contributed by atoms with Crippen LogP contribution in [0.2, 0.25) is 0 Å². The second-order valence-corrected chi connectivity index (χ2v) is 3.18. The van der Waals surface area contributed by atoms with Gasteiger partial charge in [-0.05, 0) is 18.6 Å². The Labute approximate surface area is 82.4 Å². The first-order valence-electron chi connectivity index (χ1n) is 4.14. The Morgan fingerprint density at radius 1 is 1.57 bits per heavy atom. The summed E-state index contributed by atoms with van der Waals surface area (Å²) in [5.74, 6) is 0.804. The van der Waals surface area contributed by atoms with E-state index in [1.54, 1.807) is 0 Å². The molecule has 0 saturated heterocycles. The average Bonchev–Trinajstić information content (AvgIpc) is 2.07. The second kappa shape index (κ2) is 3.95. The van der Waals surface area contributed by atoms with E-state index < -0.39 is 6.09 Å². The summed E-state index contributed by atoms with van der Waals surface area (Å²) >= 11 is 0. The molecule has 0 spiro atoms. The molecule has 0 aliphatic carbocycles. The van der Waals surface area contributed by atoms with Gasteiger partial charge in [0.1, 0.15) is 5.82 Å². The van der Waals surface area contributed by atoms with Crippen LogP contribution in [0.15, 0.2) is 12.3 Å². The van der Waals surface area contributed by atoms with Gasteiger partial charge in [0.15, 0.2) is 0 Å². The Balaban J connectivity index is 2.95. The first-order valence-corrected chi connectivity index (χ1v) is 4.14. The zero-order valence-corrected chi connectivity index (χ0v) is 8.40. The van der Waals surface area contributed by atoms with E-state index in [0.717, 1.165) is 11.4 Å². The molecular formula is C9H13N3O2. The average molecular weight is 195 g/mol. The highest BCUT2D eigenvalue weighted by molar-refractivity contribution is 5.83. The van der Waals surface area contributed by atoms with Crippen molar-refractivity contribution in [2.45, 2.75) is 6.92 Å². The molecule has 1 rings (SSSR count). The van der Waals surface area contributed by atoms with E-state index in [-0.39, 0.29) is 0 Å². The molecule has 0 radical (unpaired) electrons. The lowest BCUT2D eigenvalue weighted by Gasteiger charge is -2.13. The molecule has 0 aliphatic rings. The first-order chi connectivity index (χ1) is 6.50. The van der Waals surface area contributed by atoms with E-state index in [4.69, 9.17) is 5.11 Å². The van der Waals surface area contributed by atoms with Crippen LogP contribution in [0.1, 0.15) is 5.56 Å². The minimum absolute atomic E-state index is 0.517. The van der Waals surface area contributed by atoms with Crippen LogP contribution in [0, 0.1) is 6.92 Å². The summed E-state index contributed by atoms with van der Waals surface area (Å²) in [6.07, 6.45) is 0.436. The van der Waals surface area contributed by atoms with Crippen molar-refractivity contribution >= 4 is 17.6 Å². The molecule has 0 unspecified atom stereocenters. The predicted molar refractivity (Wildman–Crippen MR) is 54.9 cm³/mol. The van der Waals surface area contributed by atoms with E-state index in [9.17, 15) is 4.79 Å². The Morgan fingerprint density at radius 2 is 2.21 bits per heavy atom. The van der Waals surface area contributed by atoms with E-state index in [0.29, 0.717) is 5.69 Å². The fourth-order valence-electron chi connectivity index (χ4n) is 1.03. The van der Waals surface area contributed by atoms with Crippen molar-refractivity contribution in [3.63, 3.8) is 0 Å². The summed E-state index contributed by atoms with van der Waals surface area (Å²) in [7, 11) is 3.76. The molecule has 0 atom stereocenters. The number of nitrogens with one attached hydrogen (secondary N) is 1. The van der Waals surface area contributed by atoms with Crippen molar-refractivity contribution in [2.24, 2.45) is 0 Å². The van der Waals surface area contributed by atoms with Gasteiger partial charge in [0, 0.05) is 14.1 Å². The number of carbonyl (C=O) groups is 1. The number of aryl methyl sites for hydroxylation is 1.